The van der Waals surface area contributed by atoms with Crippen LogP contribution in [0.2, 0.25) is 0 Å². The Labute approximate surface area is 120 Å². The van der Waals surface area contributed by atoms with E-state index in [1.807, 2.05) is 12.3 Å². The van der Waals surface area contributed by atoms with Crippen molar-refractivity contribution in [3.63, 3.8) is 0 Å². The Morgan fingerprint density at radius 2 is 1.89 bits per heavy atom. The molecule has 19 heavy (non-hydrogen) atoms. The zero-order valence-corrected chi connectivity index (χ0v) is 12.4. The second-order valence-corrected chi connectivity index (χ2v) is 6.98. The summed E-state index contributed by atoms with van der Waals surface area (Å²) < 4.78 is 1.21. The molecule has 0 aliphatic carbocycles. The maximum Gasteiger partial charge on any atom is 0.0868 e. The van der Waals surface area contributed by atoms with Crippen molar-refractivity contribution in [3.05, 3.63) is 47.7 Å². The molecule has 0 aliphatic rings. The molecular weight excluding hydrogens is 272 g/mol. The van der Waals surface area contributed by atoms with Crippen LogP contribution in [0.25, 0.3) is 10.9 Å². The molecule has 0 aliphatic heterocycles. The predicted octanol–water partition coefficient (Wildman–Crippen LogP) is 4.65. The molecule has 1 aromatic carbocycles. The molecule has 0 atom stereocenters. The highest BCUT2D eigenvalue weighted by molar-refractivity contribution is 8.01. The molecule has 0 unspecified atom stereocenters. The molecule has 96 valence electrons. The number of pyridine rings is 1. The van der Waals surface area contributed by atoms with Gasteiger partial charge in [0, 0.05) is 16.5 Å². The maximum absolute atomic E-state index is 5.78. The summed E-state index contributed by atoms with van der Waals surface area (Å²) in [5.74, 6) is 0. The van der Waals surface area contributed by atoms with Crippen LogP contribution in [0.3, 0.4) is 0 Å². The van der Waals surface area contributed by atoms with Crippen molar-refractivity contribution in [1.82, 2.24) is 4.98 Å². The zero-order valence-electron chi connectivity index (χ0n) is 10.8. The largest absolute Gasteiger partial charge is 0.391 e. The van der Waals surface area contributed by atoms with Crippen LogP contribution in [0.1, 0.15) is 11.1 Å². The summed E-state index contributed by atoms with van der Waals surface area (Å²) in [4.78, 5) is 5.69. The van der Waals surface area contributed by atoms with Crippen molar-refractivity contribution >= 4 is 39.0 Å². The van der Waals surface area contributed by atoms with Gasteiger partial charge in [0.1, 0.15) is 0 Å². The van der Waals surface area contributed by atoms with Crippen LogP contribution in [0, 0.1) is 13.8 Å². The van der Waals surface area contributed by atoms with Crippen LogP contribution in [0.4, 0.5) is 5.00 Å². The number of anilines is 1. The van der Waals surface area contributed by atoms with E-state index >= 15 is 0 Å². The van der Waals surface area contributed by atoms with Crippen molar-refractivity contribution in [2.45, 2.75) is 23.0 Å². The molecular formula is C15H14N2S2. The number of fused-ring (bicyclic) bond motifs is 1. The van der Waals surface area contributed by atoms with Crippen LogP contribution >= 0.6 is 23.1 Å². The molecule has 2 nitrogen and oxygen atoms in total. The number of rotatable bonds is 2. The molecule has 0 amide bonds. The Kier molecular flexibility index (Phi) is 3.21. The topological polar surface area (TPSA) is 38.9 Å². The second-order valence-electron chi connectivity index (χ2n) is 4.52. The first-order valence-electron chi connectivity index (χ1n) is 6.02. The average molecular weight is 286 g/mol. The number of nitrogens with zero attached hydrogens (tertiary/aromatic N) is 1. The summed E-state index contributed by atoms with van der Waals surface area (Å²) in [7, 11) is 0. The molecule has 0 bridgehead atoms. The number of nitrogen functional groups attached to an aromatic ring is 1. The third-order valence-electron chi connectivity index (χ3n) is 3.13. The third kappa shape index (κ3) is 2.46. The van der Waals surface area contributed by atoms with E-state index in [1.54, 1.807) is 23.1 Å². The summed E-state index contributed by atoms with van der Waals surface area (Å²) in [6, 6.07) is 10.5. The quantitative estimate of drug-likeness (QED) is 0.745. The molecule has 2 N–H and O–H groups in total. The third-order valence-corrected chi connectivity index (χ3v) is 5.25. The van der Waals surface area contributed by atoms with Crippen molar-refractivity contribution in [2.24, 2.45) is 0 Å². The number of nitrogens with two attached hydrogens (primary N) is 1. The van der Waals surface area contributed by atoms with Gasteiger partial charge in [-0.1, -0.05) is 11.8 Å². The molecule has 0 saturated carbocycles. The van der Waals surface area contributed by atoms with Crippen molar-refractivity contribution < 1.29 is 0 Å². The van der Waals surface area contributed by atoms with Gasteiger partial charge in [0.05, 0.1) is 14.7 Å². The Bertz CT molecular complexity index is 747. The van der Waals surface area contributed by atoms with Crippen LogP contribution in [0.5, 0.6) is 0 Å². The Morgan fingerprint density at radius 3 is 2.63 bits per heavy atom. The van der Waals surface area contributed by atoms with Gasteiger partial charge >= 0.3 is 0 Å². The van der Waals surface area contributed by atoms with Gasteiger partial charge < -0.3 is 5.73 Å². The first-order valence-corrected chi connectivity index (χ1v) is 7.66. The molecule has 4 heteroatoms. The Morgan fingerprint density at radius 1 is 1.11 bits per heavy atom. The lowest BCUT2D eigenvalue weighted by atomic mass is 10.1. The van der Waals surface area contributed by atoms with Gasteiger partial charge in [-0.3, -0.25) is 4.98 Å². The van der Waals surface area contributed by atoms with Crippen LogP contribution in [0.15, 0.2) is 45.6 Å². The zero-order chi connectivity index (χ0) is 13.4. The van der Waals surface area contributed by atoms with Gasteiger partial charge in [-0.25, -0.2) is 0 Å². The molecule has 3 aromatic rings. The van der Waals surface area contributed by atoms with Gasteiger partial charge in [-0.05, 0) is 55.3 Å². The molecule has 0 fully saturated rings. The van der Waals surface area contributed by atoms with E-state index in [9.17, 15) is 0 Å². The lowest BCUT2D eigenvalue weighted by Crippen LogP contribution is -1.86. The molecule has 0 spiro atoms. The smallest absolute Gasteiger partial charge is 0.0868 e. The maximum atomic E-state index is 5.78. The minimum absolute atomic E-state index is 0.855. The van der Waals surface area contributed by atoms with Crippen molar-refractivity contribution in [2.75, 3.05) is 5.73 Å². The minimum Gasteiger partial charge on any atom is -0.391 e. The van der Waals surface area contributed by atoms with Crippen LogP contribution < -0.4 is 5.73 Å². The monoisotopic (exact) mass is 286 g/mol. The summed E-state index contributed by atoms with van der Waals surface area (Å²) in [5, 5.41) is 2.07. The van der Waals surface area contributed by atoms with E-state index in [0.717, 1.165) is 10.5 Å². The Hall–Kier alpha value is -1.52. The second kappa shape index (κ2) is 4.87. The fraction of sp³-hybridized carbons (Fsp3) is 0.133. The first kappa shape index (κ1) is 12.5. The summed E-state index contributed by atoms with van der Waals surface area (Å²) >= 11 is 3.37. The molecule has 3 rings (SSSR count). The summed E-state index contributed by atoms with van der Waals surface area (Å²) in [6.45, 7) is 4.26. The lowest BCUT2D eigenvalue weighted by molar-refractivity contribution is 1.30. The lowest BCUT2D eigenvalue weighted by Gasteiger charge is -2.07. The number of aryl methyl sites for hydroxylation is 2. The van der Waals surface area contributed by atoms with Crippen molar-refractivity contribution in [3.8, 4) is 0 Å². The normalized spacial score (nSPS) is 11.1. The van der Waals surface area contributed by atoms with Gasteiger partial charge in [-0.2, -0.15) is 0 Å². The van der Waals surface area contributed by atoms with Gasteiger partial charge in [-0.15, -0.1) is 11.3 Å². The fourth-order valence-electron chi connectivity index (χ4n) is 1.97. The minimum atomic E-state index is 0.855. The number of aromatic nitrogens is 1. The molecule has 2 heterocycles. The average Bonchev–Trinajstić information content (AvgIpc) is 2.77. The Balaban J connectivity index is 2.10. The van der Waals surface area contributed by atoms with E-state index in [2.05, 4.69) is 43.1 Å². The predicted molar refractivity (Wildman–Crippen MR) is 84.1 cm³/mol. The number of thiophene rings is 1. The van der Waals surface area contributed by atoms with Gasteiger partial charge in [0.2, 0.25) is 0 Å². The summed E-state index contributed by atoms with van der Waals surface area (Å²) in [6.07, 6.45) is 1.87. The van der Waals surface area contributed by atoms with Crippen LogP contribution in [-0.4, -0.2) is 4.98 Å². The highest BCUT2D eigenvalue weighted by atomic mass is 32.2. The summed E-state index contributed by atoms with van der Waals surface area (Å²) in [5.41, 5.74) is 9.41. The van der Waals surface area contributed by atoms with Gasteiger partial charge in [0.25, 0.3) is 0 Å². The number of hydrogen-bond donors (Lipinski definition) is 1. The molecule has 0 saturated heterocycles. The van der Waals surface area contributed by atoms with E-state index in [1.165, 1.54) is 25.6 Å². The highest BCUT2D eigenvalue weighted by Crippen LogP contribution is 2.37. The standard InChI is InChI=1S/C15H14N2S2/c1-9-7-11-12(8-10(9)2)17-6-5-13(11)18-15-4-3-14(16)19-15/h3-8H,16H2,1-2H3. The van der Waals surface area contributed by atoms with Crippen molar-refractivity contribution in [1.29, 1.82) is 0 Å². The van der Waals surface area contributed by atoms with E-state index in [0.29, 0.717) is 0 Å². The molecule has 0 radical (unpaired) electrons. The first-order chi connectivity index (χ1) is 9.13. The van der Waals surface area contributed by atoms with E-state index in [4.69, 9.17) is 5.73 Å². The molecule has 2 aromatic heterocycles. The number of hydrogen-bond acceptors (Lipinski definition) is 4. The van der Waals surface area contributed by atoms with E-state index < -0.39 is 0 Å². The number of benzene rings is 1. The van der Waals surface area contributed by atoms with Gasteiger partial charge in [0.15, 0.2) is 0 Å². The SMILES string of the molecule is Cc1cc2nccc(Sc3ccc(N)s3)c2cc1C. The fourth-order valence-corrected chi connectivity index (χ4v) is 3.95. The van der Waals surface area contributed by atoms with Crippen LogP contribution in [-0.2, 0) is 0 Å². The highest BCUT2D eigenvalue weighted by Gasteiger charge is 2.07. The van der Waals surface area contributed by atoms with E-state index in [-0.39, 0.29) is 0 Å².